The molecular weight excluding hydrogens is 486 g/mol. The van der Waals surface area contributed by atoms with Gasteiger partial charge < -0.3 is 27.0 Å². The molecule has 2 aliphatic heterocycles. The van der Waals surface area contributed by atoms with Crippen LogP contribution in [0.25, 0.3) is 0 Å². The molecule has 0 spiro atoms. The second-order valence-corrected chi connectivity index (χ2v) is 9.46. The Morgan fingerprint density at radius 3 is 2.68 bits per heavy atom. The normalized spacial score (nSPS) is 20.4. The van der Waals surface area contributed by atoms with Gasteiger partial charge in [0.05, 0.1) is 0 Å². The van der Waals surface area contributed by atoms with Crippen LogP contribution in [0.1, 0.15) is 22.1 Å². The summed E-state index contributed by atoms with van der Waals surface area (Å²) in [4.78, 5) is 49.9. The van der Waals surface area contributed by atoms with E-state index in [1.54, 1.807) is 0 Å². The zero-order valence-corrected chi connectivity index (χ0v) is 18.9. The Bertz CT molecular complexity index is 1200. The lowest BCUT2D eigenvalue weighted by Crippen LogP contribution is -2.71. The van der Waals surface area contributed by atoms with Gasteiger partial charge in [0.1, 0.15) is 33.9 Å². The summed E-state index contributed by atoms with van der Waals surface area (Å²) in [5.74, 6) is -2.76. The number of primary amides is 1. The predicted octanol–water partition coefficient (Wildman–Crippen LogP) is -0.860. The molecular formula is C19H19N7O6S2. The molecule has 178 valence electrons. The van der Waals surface area contributed by atoms with Gasteiger partial charge in [-0.15, -0.1) is 16.9 Å². The van der Waals surface area contributed by atoms with E-state index in [0.717, 1.165) is 16.7 Å². The number of nitrogens with two attached hydrogens (primary N) is 2. The number of nitrogens with one attached hydrogen (secondary N) is 2. The number of phenols is 1. The number of aliphatic carboxylic acids is 1. The Morgan fingerprint density at radius 2 is 2.03 bits per heavy atom. The number of phenolic OH excluding ortho intramolecular Hbond substituents is 1. The molecule has 2 unspecified atom stereocenters. The largest absolute Gasteiger partial charge is 0.508 e. The molecule has 1 saturated heterocycles. The lowest BCUT2D eigenvalue weighted by Gasteiger charge is -2.49. The number of β-lactam (4-membered cyclic amide) rings is 1. The van der Waals surface area contributed by atoms with Crippen LogP contribution in [0.4, 0.5) is 0 Å². The second kappa shape index (κ2) is 9.36. The number of carbonyl (C=O) groups is 4. The average Bonchev–Trinajstić information content (AvgIpc) is 3.29. The number of carboxylic acids is 1. The molecule has 4 rings (SSSR count). The van der Waals surface area contributed by atoms with Crippen molar-refractivity contribution < 1.29 is 29.4 Å². The molecule has 0 radical (unpaired) electrons. The predicted molar refractivity (Wildman–Crippen MR) is 120 cm³/mol. The first-order valence-corrected chi connectivity index (χ1v) is 11.8. The van der Waals surface area contributed by atoms with E-state index in [-0.39, 0.29) is 28.6 Å². The van der Waals surface area contributed by atoms with Crippen molar-refractivity contribution in [2.45, 2.75) is 22.5 Å². The molecule has 1 fully saturated rings. The summed E-state index contributed by atoms with van der Waals surface area (Å²) >= 11 is 2.40. The highest BCUT2D eigenvalue weighted by molar-refractivity contribution is 8.01. The summed E-state index contributed by atoms with van der Waals surface area (Å²) in [5.41, 5.74) is 11.9. The van der Waals surface area contributed by atoms with Gasteiger partial charge in [-0.2, -0.15) is 0 Å². The highest BCUT2D eigenvalue weighted by Crippen LogP contribution is 2.41. The van der Waals surface area contributed by atoms with Gasteiger partial charge in [-0.3, -0.25) is 24.4 Å². The fraction of sp³-hybridized carbons (Fsp3) is 0.263. The number of aromatic amines is 1. The number of fused-ring (bicyclic) bond motifs is 1. The van der Waals surface area contributed by atoms with Gasteiger partial charge in [0.2, 0.25) is 5.91 Å². The molecule has 8 N–H and O–H groups in total. The summed E-state index contributed by atoms with van der Waals surface area (Å²) in [6.07, 6.45) is 0. The van der Waals surface area contributed by atoms with Crippen molar-refractivity contribution in [2.75, 3.05) is 11.5 Å². The highest BCUT2D eigenvalue weighted by atomic mass is 32.2. The summed E-state index contributed by atoms with van der Waals surface area (Å²) in [6.45, 7) is 0. The number of amides is 3. The Morgan fingerprint density at radius 1 is 1.32 bits per heavy atom. The smallest absolute Gasteiger partial charge is 0.352 e. The number of aromatic nitrogens is 3. The third kappa shape index (κ3) is 4.32. The maximum atomic E-state index is 12.8. The van der Waals surface area contributed by atoms with E-state index >= 15 is 0 Å². The van der Waals surface area contributed by atoms with Gasteiger partial charge in [0, 0.05) is 11.5 Å². The van der Waals surface area contributed by atoms with Gasteiger partial charge in [-0.25, -0.2) is 4.79 Å². The lowest BCUT2D eigenvalue weighted by molar-refractivity contribution is -0.150. The fourth-order valence-corrected chi connectivity index (χ4v) is 5.93. The quantitative estimate of drug-likeness (QED) is 0.191. The Hall–Kier alpha value is -3.56. The Labute approximate surface area is 200 Å². The van der Waals surface area contributed by atoms with Gasteiger partial charge >= 0.3 is 5.97 Å². The molecule has 15 heteroatoms. The summed E-state index contributed by atoms with van der Waals surface area (Å²) in [7, 11) is 0. The fourth-order valence-electron chi connectivity index (χ4n) is 3.51. The van der Waals surface area contributed by atoms with Crippen LogP contribution < -0.4 is 16.8 Å². The van der Waals surface area contributed by atoms with Gasteiger partial charge in [-0.05, 0) is 23.3 Å². The molecule has 13 nitrogen and oxygen atoms in total. The molecule has 2 aliphatic rings. The van der Waals surface area contributed by atoms with E-state index in [0.29, 0.717) is 16.2 Å². The van der Waals surface area contributed by atoms with Crippen molar-refractivity contribution in [2.24, 2.45) is 11.5 Å². The topological polar surface area (TPSA) is 218 Å². The van der Waals surface area contributed by atoms with Gasteiger partial charge in [0.15, 0.2) is 5.69 Å². The first kappa shape index (κ1) is 23.6. The first-order valence-electron chi connectivity index (χ1n) is 9.77. The number of rotatable bonds is 8. The SMILES string of the molecule is NC(=O)c1nn[nH]c1SCC1=C(C(=O)O)N2C(=O)C(NC(=O)C(N)c3ccc(O)cc3)[C@H]2SC1. The summed E-state index contributed by atoms with van der Waals surface area (Å²) in [5, 5.41) is 31.1. The number of carbonyl (C=O) groups excluding carboxylic acids is 3. The molecule has 0 bridgehead atoms. The number of aromatic hydroxyl groups is 1. The second-order valence-electron chi connectivity index (χ2n) is 7.37. The Kier molecular flexibility index (Phi) is 6.49. The lowest BCUT2D eigenvalue weighted by atomic mass is 10.0. The van der Waals surface area contributed by atoms with E-state index in [1.165, 1.54) is 36.0 Å². The van der Waals surface area contributed by atoms with E-state index in [4.69, 9.17) is 11.5 Å². The number of hydrogen-bond donors (Lipinski definition) is 6. The van der Waals surface area contributed by atoms with Crippen molar-refractivity contribution in [3.8, 4) is 5.75 Å². The summed E-state index contributed by atoms with van der Waals surface area (Å²) in [6, 6.07) is 3.79. The van der Waals surface area contributed by atoms with E-state index in [1.807, 2.05) is 0 Å². The van der Waals surface area contributed by atoms with Crippen LogP contribution in [0.3, 0.4) is 0 Å². The number of H-pyrrole nitrogens is 1. The van der Waals surface area contributed by atoms with Crippen molar-refractivity contribution in [1.29, 1.82) is 0 Å². The van der Waals surface area contributed by atoms with Crippen LogP contribution in [0.5, 0.6) is 5.75 Å². The molecule has 3 amide bonds. The molecule has 0 aliphatic carbocycles. The molecule has 1 aromatic carbocycles. The van der Waals surface area contributed by atoms with Crippen LogP contribution >= 0.6 is 23.5 Å². The highest BCUT2D eigenvalue weighted by Gasteiger charge is 2.54. The number of nitrogens with zero attached hydrogens (tertiary/aromatic N) is 3. The monoisotopic (exact) mass is 505 g/mol. The van der Waals surface area contributed by atoms with Crippen molar-refractivity contribution in [3.05, 3.63) is 46.8 Å². The molecule has 2 aromatic rings. The maximum absolute atomic E-state index is 12.8. The average molecular weight is 506 g/mol. The molecule has 3 atom stereocenters. The molecule has 1 aromatic heterocycles. The first-order chi connectivity index (χ1) is 16.2. The molecule has 0 saturated carbocycles. The zero-order valence-electron chi connectivity index (χ0n) is 17.3. The number of carboxylic acid groups (broad SMARTS) is 1. The minimum absolute atomic E-state index is 0.0244. The number of hydrogen-bond acceptors (Lipinski definition) is 10. The molecule has 34 heavy (non-hydrogen) atoms. The van der Waals surface area contributed by atoms with Crippen molar-refractivity contribution in [3.63, 3.8) is 0 Å². The van der Waals surface area contributed by atoms with Crippen LogP contribution in [-0.2, 0) is 14.4 Å². The van der Waals surface area contributed by atoms with E-state index in [2.05, 4.69) is 20.7 Å². The van der Waals surface area contributed by atoms with E-state index < -0.39 is 41.1 Å². The molecule has 3 heterocycles. The number of thioether (sulfide) groups is 2. The minimum Gasteiger partial charge on any atom is -0.508 e. The van der Waals surface area contributed by atoms with Gasteiger partial charge in [0.25, 0.3) is 11.8 Å². The third-order valence-corrected chi connectivity index (χ3v) is 7.63. The van der Waals surface area contributed by atoms with E-state index in [9.17, 15) is 29.4 Å². The van der Waals surface area contributed by atoms with Gasteiger partial charge in [-0.1, -0.05) is 29.1 Å². The summed E-state index contributed by atoms with van der Waals surface area (Å²) < 4.78 is 0. The van der Waals surface area contributed by atoms with Crippen molar-refractivity contribution >= 4 is 47.2 Å². The van der Waals surface area contributed by atoms with Crippen molar-refractivity contribution in [1.82, 2.24) is 25.6 Å². The minimum atomic E-state index is -1.28. The third-order valence-electron chi connectivity index (χ3n) is 5.22. The maximum Gasteiger partial charge on any atom is 0.352 e. The van der Waals surface area contributed by atoms with Crippen LogP contribution in [0.2, 0.25) is 0 Å². The van der Waals surface area contributed by atoms with Crippen LogP contribution in [0.15, 0.2) is 40.6 Å². The van der Waals surface area contributed by atoms with Crippen LogP contribution in [-0.4, -0.2) is 77.1 Å². The number of benzene rings is 1. The zero-order chi connectivity index (χ0) is 24.6. The van der Waals surface area contributed by atoms with Crippen LogP contribution in [0, 0.1) is 0 Å². The Balaban J connectivity index is 1.46. The standard InChI is InChI=1S/C19H19N7O6S2/c20-10(7-1-3-9(27)4-2-7)15(29)22-12-17(30)26-13(19(31)32)8(6-34-18(12)26)5-33-16-11(14(21)28)23-25-24-16/h1-4,10,12,18,27H,5-6,20H2,(H2,21,28)(H,22,29)(H,31,32)(H,23,24,25)/t10?,12?,18-/m1/s1.